The molecule has 0 spiro atoms. The molecule has 0 aliphatic carbocycles. The third-order valence-electron chi connectivity index (χ3n) is 2.36. The lowest BCUT2D eigenvalue weighted by molar-refractivity contribution is -0.121. The Hall–Kier alpha value is -1.95. The van der Waals surface area contributed by atoms with Crippen molar-refractivity contribution in [3.8, 4) is 0 Å². The Bertz CT molecular complexity index is 429. The third kappa shape index (κ3) is 5.96. The highest BCUT2D eigenvalue weighted by atomic mass is 16.4. The standard InChI is InChI=1S/C13H19N3O3/c1-9(2)16-12(17)5-6-14-8-11-4-3-10(7-15-11)13(18)19/h3-4,7,9,14H,5-6,8H2,1-2H3,(H,16,17)(H,18,19). The summed E-state index contributed by atoms with van der Waals surface area (Å²) in [7, 11) is 0. The van der Waals surface area contributed by atoms with E-state index in [1.165, 1.54) is 12.3 Å². The number of carboxylic acid groups (broad SMARTS) is 1. The monoisotopic (exact) mass is 265 g/mol. The zero-order valence-electron chi connectivity index (χ0n) is 11.1. The van der Waals surface area contributed by atoms with Crippen LogP contribution in [-0.4, -0.2) is 34.6 Å². The van der Waals surface area contributed by atoms with Gasteiger partial charge in [0.05, 0.1) is 11.3 Å². The first-order valence-corrected chi connectivity index (χ1v) is 6.17. The Balaban J connectivity index is 2.26. The van der Waals surface area contributed by atoms with Crippen LogP contribution in [0.5, 0.6) is 0 Å². The molecule has 1 heterocycles. The molecule has 19 heavy (non-hydrogen) atoms. The molecule has 0 radical (unpaired) electrons. The molecule has 3 N–H and O–H groups in total. The van der Waals surface area contributed by atoms with Crippen LogP contribution in [0.25, 0.3) is 0 Å². The molecule has 0 bridgehead atoms. The van der Waals surface area contributed by atoms with E-state index in [9.17, 15) is 9.59 Å². The Labute approximate surface area is 112 Å². The van der Waals surface area contributed by atoms with E-state index >= 15 is 0 Å². The lowest BCUT2D eigenvalue weighted by Crippen LogP contribution is -2.32. The van der Waals surface area contributed by atoms with Gasteiger partial charge in [0.1, 0.15) is 0 Å². The molecular formula is C13H19N3O3. The molecule has 6 nitrogen and oxygen atoms in total. The van der Waals surface area contributed by atoms with Crippen LogP contribution in [-0.2, 0) is 11.3 Å². The van der Waals surface area contributed by atoms with Gasteiger partial charge in [-0.05, 0) is 26.0 Å². The maximum absolute atomic E-state index is 11.4. The van der Waals surface area contributed by atoms with Gasteiger partial charge in [-0.1, -0.05) is 0 Å². The SMILES string of the molecule is CC(C)NC(=O)CCNCc1ccc(C(=O)O)cn1. The van der Waals surface area contributed by atoms with Crippen molar-refractivity contribution < 1.29 is 14.7 Å². The average molecular weight is 265 g/mol. The fourth-order valence-corrected chi connectivity index (χ4v) is 1.47. The summed E-state index contributed by atoms with van der Waals surface area (Å²) in [6.45, 7) is 4.90. The van der Waals surface area contributed by atoms with Crippen molar-refractivity contribution in [2.24, 2.45) is 0 Å². The fourth-order valence-electron chi connectivity index (χ4n) is 1.47. The Morgan fingerprint density at radius 1 is 1.37 bits per heavy atom. The number of carbonyl (C=O) groups excluding carboxylic acids is 1. The van der Waals surface area contributed by atoms with E-state index in [2.05, 4.69) is 15.6 Å². The lowest BCUT2D eigenvalue weighted by Gasteiger charge is -2.08. The van der Waals surface area contributed by atoms with Crippen molar-refractivity contribution in [3.05, 3.63) is 29.6 Å². The van der Waals surface area contributed by atoms with E-state index < -0.39 is 5.97 Å². The van der Waals surface area contributed by atoms with Crippen LogP contribution in [0, 0.1) is 0 Å². The number of amides is 1. The van der Waals surface area contributed by atoms with E-state index in [-0.39, 0.29) is 17.5 Å². The molecule has 1 aromatic rings. The van der Waals surface area contributed by atoms with Gasteiger partial charge in [-0.2, -0.15) is 0 Å². The summed E-state index contributed by atoms with van der Waals surface area (Å²) < 4.78 is 0. The van der Waals surface area contributed by atoms with E-state index in [0.29, 0.717) is 19.5 Å². The van der Waals surface area contributed by atoms with Crippen molar-refractivity contribution in [3.63, 3.8) is 0 Å². The molecule has 0 aromatic carbocycles. The Morgan fingerprint density at radius 3 is 2.63 bits per heavy atom. The largest absolute Gasteiger partial charge is 0.478 e. The van der Waals surface area contributed by atoms with Crippen LogP contribution in [0.3, 0.4) is 0 Å². The van der Waals surface area contributed by atoms with Crippen LogP contribution < -0.4 is 10.6 Å². The van der Waals surface area contributed by atoms with Crippen LogP contribution in [0.4, 0.5) is 0 Å². The number of hydrogen-bond acceptors (Lipinski definition) is 4. The molecule has 104 valence electrons. The highest BCUT2D eigenvalue weighted by molar-refractivity contribution is 5.87. The zero-order chi connectivity index (χ0) is 14.3. The van der Waals surface area contributed by atoms with Crippen molar-refractivity contribution in [1.29, 1.82) is 0 Å². The van der Waals surface area contributed by atoms with E-state index in [1.807, 2.05) is 13.8 Å². The van der Waals surface area contributed by atoms with Crippen molar-refractivity contribution in [1.82, 2.24) is 15.6 Å². The number of hydrogen-bond donors (Lipinski definition) is 3. The summed E-state index contributed by atoms with van der Waals surface area (Å²) in [4.78, 5) is 26.0. The predicted octanol–water partition coefficient (Wildman–Crippen LogP) is 0.784. The normalized spacial score (nSPS) is 10.5. The molecule has 1 aromatic heterocycles. The van der Waals surface area contributed by atoms with Crippen molar-refractivity contribution in [2.75, 3.05) is 6.54 Å². The number of carbonyl (C=O) groups is 2. The van der Waals surface area contributed by atoms with Gasteiger partial charge >= 0.3 is 5.97 Å². The summed E-state index contributed by atoms with van der Waals surface area (Å²) >= 11 is 0. The minimum Gasteiger partial charge on any atom is -0.478 e. The number of rotatable bonds is 7. The van der Waals surface area contributed by atoms with Crippen LogP contribution >= 0.6 is 0 Å². The number of carboxylic acids is 1. The minimum atomic E-state index is -0.989. The maximum Gasteiger partial charge on any atom is 0.337 e. The molecule has 1 amide bonds. The molecular weight excluding hydrogens is 246 g/mol. The number of nitrogens with zero attached hydrogens (tertiary/aromatic N) is 1. The topological polar surface area (TPSA) is 91.3 Å². The summed E-state index contributed by atoms with van der Waals surface area (Å²) in [5.41, 5.74) is 0.911. The highest BCUT2D eigenvalue weighted by Crippen LogP contribution is 2.00. The third-order valence-corrected chi connectivity index (χ3v) is 2.36. The summed E-state index contributed by atoms with van der Waals surface area (Å²) in [5.74, 6) is -0.978. The summed E-state index contributed by atoms with van der Waals surface area (Å²) in [5, 5.41) is 14.6. The van der Waals surface area contributed by atoms with E-state index in [4.69, 9.17) is 5.11 Å². The number of aromatic carboxylic acids is 1. The van der Waals surface area contributed by atoms with Gasteiger partial charge in [-0.3, -0.25) is 9.78 Å². The van der Waals surface area contributed by atoms with Crippen molar-refractivity contribution >= 4 is 11.9 Å². The lowest BCUT2D eigenvalue weighted by atomic mass is 10.2. The Morgan fingerprint density at radius 2 is 2.11 bits per heavy atom. The predicted molar refractivity (Wildman–Crippen MR) is 70.8 cm³/mol. The van der Waals surface area contributed by atoms with Gasteiger partial charge in [0.2, 0.25) is 5.91 Å². The number of nitrogens with one attached hydrogen (secondary N) is 2. The Kier molecular flexibility index (Phi) is 5.95. The second-order valence-corrected chi connectivity index (χ2v) is 4.49. The summed E-state index contributed by atoms with van der Waals surface area (Å²) in [6.07, 6.45) is 1.73. The van der Waals surface area contributed by atoms with Crippen molar-refractivity contribution in [2.45, 2.75) is 32.9 Å². The molecule has 0 atom stereocenters. The first-order chi connectivity index (χ1) is 8.99. The molecule has 6 heteroatoms. The first-order valence-electron chi connectivity index (χ1n) is 6.17. The summed E-state index contributed by atoms with van der Waals surface area (Å²) in [6, 6.07) is 3.32. The fraction of sp³-hybridized carbons (Fsp3) is 0.462. The molecule has 0 aliphatic heterocycles. The number of pyridine rings is 1. The smallest absolute Gasteiger partial charge is 0.337 e. The molecule has 0 fully saturated rings. The second kappa shape index (κ2) is 7.48. The molecule has 0 unspecified atom stereocenters. The molecule has 0 saturated heterocycles. The molecule has 1 rings (SSSR count). The van der Waals surface area contributed by atoms with Crippen LogP contribution in [0.1, 0.15) is 36.3 Å². The van der Waals surface area contributed by atoms with Gasteiger partial charge in [0, 0.05) is 31.7 Å². The minimum absolute atomic E-state index is 0.0108. The first kappa shape index (κ1) is 15.1. The van der Waals surface area contributed by atoms with Gasteiger partial charge in [-0.15, -0.1) is 0 Å². The maximum atomic E-state index is 11.4. The number of aromatic nitrogens is 1. The van der Waals surface area contributed by atoms with Gasteiger partial charge in [0.25, 0.3) is 0 Å². The van der Waals surface area contributed by atoms with E-state index in [0.717, 1.165) is 5.69 Å². The molecule has 0 saturated carbocycles. The molecule has 0 aliphatic rings. The second-order valence-electron chi connectivity index (χ2n) is 4.49. The van der Waals surface area contributed by atoms with Crippen LogP contribution in [0.15, 0.2) is 18.3 Å². The quantitative estimate of drug-likeness (QED) is 0.634. The zero-order valence-corrected chi connectivity index (χ0v) is 11.1. The van der Waals surface area contributed by atoms with E-state index in [1.54, 1.807) is 6.07 Å². The van der Waals surface area contributed by atoms with Gasteiger partial charge in [-0.25, -0.2) is 4.79 Å². The highest BCUT2D eigenvalue weighted by Gasteiger charge is 2.04. The van der Waals surface area contributed by atoms with Gasteiger partial charge in [0.15, 0.2) is 0 Å². The van der Waals surface area contributed by atoms with Crippen LogP contribution in [0.2, 0.25) is 0 Å². The van der Waals surface area contributed by atoms with Gasteiger partial charge < -0.3 is 15.7 Å². The average Bonchev–Trinajstić information content (AvgIpc) is 2.34.